The van der Waals surface area contributed by atoms with Crippen LogP contribution in [0.15, 0.2) is 60.7 Å². The average molecular weight is 441 g/mol. The number of hydrogen-bond donors (Lipinski definition) is 0. The van der Waals surface area contributed by atoms with Crippen LogP contribution in [0, 0.1) is 40.9 Å². The third kappa shape index (κ3) is 3.81. The van der Waals surface area contributed by atoms with E-state index in [4.69, 9.17) is 0 Å². The molecule has 0 radical (unpaired) electrons. The maximum Gasteiger partial charge on any atom is -0.0131 e. The summed E-state index contributed by atoms with van der Waals surface area (Å²) in [5.41, 5.74) is 3.75. The standard InChI is InChI=1S/C33H44/c1-33(2,31-21-19-27-25(15-9-17-29(27)31)23-11-5-3-6-12-23)32-22-20-28-26(16-10-18-30(28)32)24-13-7-4-8-14-24/h3-8,11-14,25-32H,9-10,15-22H2,1-2H3. The summed E-state index contributed by atoms with van der Waals surface area (Å²) in [7, 11) is 0. The predicted molar refractivity (Wildman–Crippen MR) is 139 cm³/mol. The summed E-state index contributed by atoms with van der Waals surface area (Å²) in [5, 5.41) is 0. The van der Waals surface area contributed by atoms with Gasteiger partial charge in [0.25, 0.3) is 0 Å². The van der Waals surface area contributed by atoms with Crippen molar-refractivity contribution in [2.45, 2.75) is 89.9 Å². The molecular weight excluding hydrogens is 396 g/mol. The summed E-state index contributed by atoms with van der Waals surface area (Å²) in [6, 6.07) is 23.1. The van der Waals surface area contributed by atoms with E-state index in [1.54, 1.807) is 11.1 Å². The fourth-order valence-corrected chi connectivity index (χ4v) is 9.95. The summed E-state index contributed by atoms with van der Waals surface area (Å²) in [4.78, 5) is 0. The lowest BCUT2D eigenvalue weighted by Crippen LogP contribution is -2.41. The van der Waals surface area contributed by atoms with Crippen molar-refractivity contribution in [3.8, 4) is 0 Å². The molecule has 6 rings (SSSR count). The highest BCUT2D eigenvalue weighted by molar-refractivity contribution is 5.24. The molecule has 4 aliphatic rings. The average Bonchev–Trinajstić information content (AvgIpc) is 3.50. The van der Waals surface area contributed by atoms with E-state index in [1.165, 1.54) is 64.2 Å². The molecule has 4 saturated carbocycles. The van der Waals surface area contributed by atoms with Crippen molar-refractivity contribution in [3.05, 3.63) is 71.8 Å². The van der Waals surface area contributed by atoms with Gasteiger partial charge in [-0.1, -0.05) is 87.4 Å². The normalized spacial score (nSPS) is 38.6. The molecule has 33 heavy (non-hydrogen) atoms. The van der Waals surface area contributed by atoms with Crippen LogP contribution in [0.4, 0.5) is 0 Å². The van der Waals surface area contributed by atoms with Gasteiger partial charge in [0.15, 0.2) is 0 Å². The van der Waals surface area contributed by atoms with Gasteiger partial charge in [-0.05, 0) is 115 Å². The zero-order chi connectivity index (χ0) is 22.4. The van der Waals surface area contributed by atoms with E-state index in [1.807, 2.05) is 0 Å². The number of hydrogen-bond acceptors (Lipinski definition) is 0. The topological polar surface area (TPSA) is 0 Å². The molecule has 2 aromatic rings. The second-order valence-corrected chi connectivity index (χ2v) is 12.7. The Morgan fingerprint density at radius 2 is 0.909 bits per heavy atom. The quantitative estimate of drug-likeness (QED) is 0.444. The van der Waals surface area contributed by atoms with Crippen LogP contribution in [0.3, 0.4) is 0 Å². The van der Waals surface area contributed by atoms with Gasteiger partial charge in [0, 0.05) is 0 Å². The predicted octanol–water partition coefficient (Wildman–Crippen LogP) is 9.23. The third-order valence-electron chi connectivity index (χ3n) is 11.3. The van der Waals surface area contributed by atoms with E-state index in [0.717, 1.165) is 47.3 Å². The van der Waals surface area contributed by atoms with E-state index in [2.05, 4.69) is 74.5 Å². The van der Waals surface area contributed by atoms with Crippen LogP contribution in [0.2, 0.25) is 0 Å². The second kappa shape index (κ2) is 8.90. The number of fused-ring (bicyclic) bond motifs is 2. The van der Waals surface area contributed by atoms with Crippen LogP contribution >= 0.6 is 0 Å². The largest absolute Gasteiger partial charge is 0.0622 e. The van der Waals surface area contributed by atoms with Crippen molar-refractivity contribution in [1.29, 1.82) is 0 Å². The lowest BCUT2D eigenvalue weighted by molar-refractivity contribution is 0.0205. The molecular formula is C33H44. The summed E-state index contributed by atoms with van der Waals surface area (Å²) < 4.78 is 0. The first-order valence-electron chi connectivity index (χ1n) is 14.2. The molecule has 0 heterocycles. The minimum atomic E-state index is 0.496. The Balaban J connectivity index is 1.22. The van der Waals surface area contributed by atoms with Crippen molar-refractivity contribution in [2.75, 3.05) is 0 Å². The fourth-order valence-electron chi connectivity index (χ4n) is 9.95. The Morgan fingerprint density at radius 1 is 0.485 bits per heavy atom. The Bertz CT molecular complexity index is 836. The molecule has 8 atom stereocenters. The SMILES string of the molecule is CC(C)(C1CCC2C(c3ccccc3)CCCC21)C1CCC2C(c3ccccc3)CCCC21. The summed E-state index contributed by atoms with van der Waals surface area (Å²) in [6.07, 6.45) is 14.7. The van der Waals surface area contributed by atoms with Gasteiger partial charge in [-0.2, -0.15) is 0 Å². The lowest BCUT2D eigenvalue weighted by atomic mass is 9.57. The van der Waals surface area contributed by atoms with Gasteiger partial charge in [-0.3, -0.25) is 0 Å². The van der Waals surface area contributed by atoms with Crippen LogP contribution < -0.4 is 0 Å². The van der Waals surface area contributed by atoms with Crippen molar-refractivity contribution in [2.24, 2.45) is 40.9 Å². The molecule has 0 saturated heterocycles. The first-order chi connectivity index (χ1) is 16.1. The molecule has 4 fully saturated rings. The van der Waals surface area contributed by atoms with E-state index in [9.17, 15) is 0 Å². The maximum absolute atomic E-state index is 2.71. The molecule has 2 aromatic carbocycles. The summed E-state index contributed by atoms with van der Waals surface area (Å²) in [6.45, 7) is 5.43. The zero-order valence-electron chi connectivity index (χ0n) is 21.0. The van der Waals surface area contributed by atoms with E-state index < -0.39 is 0 Å². The number of benzene rings is 2. The molecule has 4 aliphatic carbocycles. The zero-order valence-corrected chi connectivity index (χ0v) is 21.0. The van der Waals surface area contributed by atoms with Crippen molar-refractivity contribution in [3.63, 3.8) is 0 Å². The van der Waals surface area contributed by atoms with Gasteiger partial charge in [0.2, 0.25) is 0 Å². The molecule has 0 heteroatoms. The molecule has 0 aromatic heterocycles. The van der Waals surface area contributed by atoms with E-state index in [0.29, 0.717) is 5.41 Å². The lowest BCUT2D eigenvalue weighted by Gasteiger charge is -2.48. The minimum absolute atomic E-state index is 0.496. The molecule has 0 aliphatic heterocycles. The van der Waals surface area contributed by atoms with E-state index >= 15 is 0 Å². The first kappa shape index (κ1) is 21.9. The highest BCUT2D eigenvalue weighted by Gasteiger charge is 2.54. The van der Waals surface area contributed by atoms with Gasteiger partial charge in [-0.15, -0.1) is 0 Å². The fraction of sp³-hybridized carbons (Fsp3) is 0.636. The highest BCUT2D eigenvalue weighted by Crippen LogP contribution is 2.63. The van der Waals surface area contributed by atoms with Crippen LogP contribution in [-0.4, -0.2) is 0 Å². The Hall–Kier alpha value is -1.56. The Kier molecular flexibility index (Phi) is 5.92. The number of rotatable bonds is 4. The molecule has 0 nitrogen and oxygen atoms in total. The van der Waals surface area contributed by atoms with Crippen LogP contribution in [0.5, 0.6) is 0 Å². The Labute approximate surface area is 202 Å². The van der Waals surface area contributed by atoms with Gasteiger partial charge < -0.3 is 0 Å². The van der Waals surface area contributed by atoms with Crippen LogP contribution in [0.1, 0.15) is 101 Å². The minimum Gasteiger partial charge on any atom is -0.0622 e. The van der Waals surface area contributed by atoms with Crippen molar-refractivity contribution >= 4 is 0 Å². The van der Waals surface area contributed by atoms with Gasteiger partial charge in [-0.25, -0.2) is 0 Å². The first-order valence-corrected chi connectivity index (χ1v) is 14.2. The second-order valence-electron chi connectivity index (χ2n) is 12.7. The van der Waals surface area contributed by atoms with Crippen molar-refractivity contribution in [1.82, 2.24) is 0 Å². The van der Waals surface area contributed by atoms with Crippen LogP contribution in [0.25, 0.3) is 0 Å². The smallest absolute Gasteiger partial charge is 0.0131 e. The highest BCUT2D eigenvalue weighted by atomic mass is 14.6. The summed E-state index contributed by atoms with van der Waals surface area (Å²) >= 11 is 0. The van der Waals surface area contributed by atoms with Crippen molar-refractivity contribution < 1.29 is 0 Å². The molecule has 0 bridgehead atoms. The maximum atomic E-state index is 2.71. The molecule has 8 unspecified atom stereocenters. The van der Waals surface area contributed by atoms with Gasteiger partial charge in [0.1, 0.15) is 0 Å². The molecule has 176 valence electrons. The van der Waals surface area contributed by atoms with Crippen LogP contribution in [-0.2, 0) is 0 Å². The monoisotopic (exact) mass is 440 g/mol. The molecule has 0 amide bonds. The molecule has 0 N–H and O–H groups in total. The third-order valence-corrected chi connectivity index (χ3v) is 11.3. The summed E-state index contributed by atoms with van der Waals surface area (Å²) in [5.74, 6) is 7.32. The Morgan fingerprint density at radius 3 is 1.33 bits per heavy atom. The molecule has 0 spiro atoms. The van der Waals surface area contributed by atoms with Gasteiger partial charge >= 0.3 is 0 Å². The van der Waals surface area contributed by atoms with E-state index in [-0.39, 0.29) is 0 Å². The van der Waals surface area contributed by atoms with Gasteiger partial charge in [0.05, 0.1) is 0 Å².